The van der Waals surface area contributed by atoms with Crippen LogP contribution in [0.3, 0.4) is 0 Å². The second kappa shape index (κ2) is 4.45. The van der Waals surface area contributed by atoms with Gasteiger partial charge in [-0.3, -0.25) is 0 Å². The van der Waals surface area contributed by atoms with Crippen LogP contribution in [-0.2, 0) is 6.54 Å². The van der Waals surface area contributed by atoms with Crippen molar-refractivity contribution in [2.45, 2.75) is 13.5 Å². The van der Waals surface area contributed by atoms with E-state index in [2.05, 4.69) is 10.3 Å². The summed E-state index contributed by atoms with van der Waals surface area (Å²) in [7, 11) is 1.84. The summed E-state index contributed by atoms with van der Waals surface area (Å²) in [6, 6.07) is 4.99. The lowest BCUT2D eigenvalue weighted by Gasteiger charge is -2.08. The molecule has 0 aliphatic heterocycles. The maximum absolute atomic E-state index is 13.4. The third-order valence-corrected chi connectivity index (χ3v) is 2.43. The van der Waals surface area contributed by atoms with Gasteiger partial charge in [0.25, 0.3) is 0 Å². The molecule has 0 saturated carbocycles. The Morgan fingerprint density at radius 3 is 2.81 bits per heavy atom. The van der Waals surface area contributed by atoms with E-state index in [4.69, 9.17) is 0 Å². The highest BCUT2D eigenvalue weighted by Crippen LogP contribution is 2.15. The molecule has 4 heteroatoms. The van der Waals surface area contributed by atoms with Gasteiger partial charge in [-0.05, 0) is 37.7 Å². The van der Waals surface area contributed by atoms with E-state index >= 15 is 0 Å². The predicted octanol–water partition coefficient (Wildman–Crippen LogP) is 2.04. The smallest absolute Gasteiger partial charge is 0.125 e. The third kappa shape index (κ3) is 2.12. The summed E-state index contributed by atoms with van der Waals surface area (Å²) in [6.07, 6.45) is 3.53. The van der Waals surface area contributed by atoms with Crippen molar-refractivity contribution < 1.29 is 4.39 Å². The molecule has 0 amide bonds. The largest absolute Gasteiger partial charge is 0.316 e. The second-order valence-electron chi connectivity index (χ2n) is 3.69. The molecule has 0 aliphatic rings. The van der Waals surface area contributed by atoms with E-state index in [1.165, 1.54) is 12.1 Å². The summed E-state index contributed by atoms with van der Waals surface area (Å²) in [5, 5.41) is 3.01. The highest BCUT2D eigenvalue weighted by atomic mass is 19.1. The Bertz CT molecular complexity index is 491. The van der Waals surface area contributed by atoms with Crippen LogP contribution in [0.1, 0.15) is 11.4 Å². The lowest BCUT2D eigenvalue weighted by atomic mass is 10.2. The van der Waals surface area contributed by atoms with Gasteiger partial charge in [0, 0.05) is 24.6 Å². The van der Waals surface area contributed by atoms with Crippen molar-refractivity contribution in [1.82, 2.24) is 14.9 Å². The Balaban J connectivity index is 2.45. The molecule has 0 fully saturated rings. The van der Waals surface area contributed by atoms with Crippen LogP contribution in [0.15, 0.2) is 30.6 Å². The normalized spacial score (nSPS) is 10.7. The first-order valence-electron chi connectivity index (χ1n) is 5.15. The van der Waals surface area contributed by atoms with Crippen molar-refractivity contribution in [3.8, 4) is 5.69 Å². The van der Waals surface area contributed by atoms with Gasteiger partial charge in [0.05, 0.1) is 0 Å². The Morgan fingerprint density at radius 1 is 1.38 bits per heavy atom. The monoisotopic (exact) mass is 219 g/mol. The van der Waals surface area contributed by atoms with Crippen LogP contribution >= 0.6 is 0 Å². The van der Waals surface area contributed by atoms with Crippen molar-refractivity contribution in [3.63, 3.8) is 0 Å². The number of aryl methyl sites for hydroxylation is 1. The summed E-state index contributed by atoms with van der Waals surface area (Å²) < 4.78 is 15.3. The molecule has 1 aromatic carbocycles. The van der Waals surface area contributed by atoms with Gasteiger partial charge < -0.3 is 9.88 Å². The summed E-state index contributed by atoms with van der Waals surface area (Å²) in [5.41, 5.74) is 1.73. The fourth-order valence-electron chi connectivity index (χ4n) is 1.73. The zero-order chi connectivity index (χ0) is 11.5. The van der Waals surface area contributed by atoms with Crippen molar-refractivity contribution >= 4 is 0 Å². The van der Waals surface area contributed by atoms with E-state index in [1.54, 1.807) is 6.20 Å². The quantitative estimate of drug-likeness (QED) is 0.856. The van der Waals surface area contributed by atoms with Gasteiger partial charge in [0.1, 0.15) is 11.6 Å². The molecule has 3 nitrogen and oxygen atoms in total. The lowest BCUT2D eigenvalue weighted by molar-refractivity contribution is 0.622. The van der Waals surface area contributed by atoms with E-state index in [-0.39, 0.29) is 5.82 Å². The van der Waals surface area contributed by atoms with Crippen molar-refractivity contribution in [2.24, 2.45) is 0 Å². The first-order valence-corrected chi connectivity index (χ1v) is 5.15. The van der Waals surface area contributed by atoms with Gasteiger partial charge in [-0.15, -0.1) is 0 Å². The molecular weight excluding hydrogens is 205 g/mol. The van der Waals surface area contributed by atoms with E-state index in [0.717, 1.165) is 17.1 Å². The van der Waals surface area contributed by atoms with E-state index in [9.17, 15) is 4.39 Å². The standard InChI is InChI=1S/C12H14FN3/c1-9-15-3-4-16(9)12-6-10(8-14-2)5-11(13)7-12/h3-7,14H,8H2,1-2H3. The van der Waals surface area contributed by atoms with Gasteiger partial charge in [0.2, 0.25) is 0 Å². The van der Waals surface area contributed by atoms with Crippen LogP contribution in [0, 0.1) is 12.7 Å². The maximum atomic E-state index is 13.4. The molecule has 2 aromatic rings. The first-order chi connectivity index (χ1) is 7.70. The van der Waals surface area contributed by atoms with Crippen LogP contribution < -0.4 is 5.32 Å². The minimum Gasteiger partial charge on any atom is -0.316 e. The Morgan fingerprint density at radius 2 is 2.19 bits per heavy atom. The van der Waals surface area contributed by atoms with Crippen LogP contribution in [0.2, 0.25) is 0 Å². The Kier molecular flexibility index (Phi) is 3.01. The summed E-state index contributed by atoms with van der Waals surface area (Å²) in [5.74, 6) is 0.622. The van der Waals surface area contributed by atoms with Crippen LogP contribution in [0.5, 0.6) is 0 Å². The molecule has 1 heterocycles. The summed E-state index contributed by atoms with van der Waals surface area (Å²) in [4.78, 5) is 4.12. The fourth-order valence-corrected chi connectivity index (χ4v) is 1.73. The summed E-state index contributed by atoms with van der Waals surface area (Å²) >= 11 is 0. The van der Waals surface area contributed by atoms with E-state index in [0.29, 0.717) is 6.54 Å². The number of hydrogen-bond acceptors (Lipinski definition) is 2. The van der Waals surface area contributed by atoms with Gasteiger partial charge >= 0.3 is 0 Å². The minimum atomic E-state index is -0.226. The molecule has 16 heavy (non-hydrogen) atoms. The molecule has 1 aromatic heterocycles. The molecule has 0 bridgehead atoms. The maximum Gasteiger partial charge on any atom is 0.125 e. The molecule has 0 spiro atoms. The molecule has 0 unspecified atom stereocenters. The second-order valence-corrected chi connectivity index (χ2v) is 3.69. The Labute approximate surface area is 93.9 Å². The number of halogens is 1. The van der Waals surface area contributed by atoms with E-state index in [1.807, 2.05) is 30.8 Å². The number of hydrogen-bond donors (Lipinski definition) is 1. The van der Waals surface area contributed by atoms with Gasteiger partial charge in [0.15, 0.2) is 0 Å². The van der Waals surface area contributed by atoms with E-state index < -0.39 is 0 Å². The molecule has 0 radical (unpaired) electrons. The van der Waals surface area contributed by atoms with Crippen LogP contribution in [-0.4, -0.2) is 16.6 Å². The number of rotatable bonds is 3. The fraction of sp³-hybridized carbons (Fsp3) is 0.250. The number of imidazole rings is 1. The van der Waals surface area contributed by atoms with Crippen molar-refractivity contribution in [2.75, 3.05) is 7.05 Å². The first kappa shape index (κ1) is 10.8. The molecule has 0 aliphatic carbocycles. The molecule has 84 valence electrons. The highest BCUT2D eigenvalue weighted by Gasteiger charge is 2.04. The molecule has 0 saturated heterocycles. The number of nitrogens with one attached hydrogen (secondary N) is 1. The van der Waals surface area contributed by atoms with Gasteiger partial charge in [-0.2, -0.15) is 0 Å². The van der Waals surface area contributed by atoms with Crippen LogP contribution in [0.25, 0.3) is 5.69 Å². The summed E-state index contributed by atoms with van der Waals surface area (Å²) in [6.45, 7) is 2.54. The average molecular weight is 219 g/mol. The van der Waals surface area contributed by atoms with Gasteiger partial charge in [-0.1, -0.05) is 0 Å². The predicted molar refractivity (Wildman–Crippen MR) is 61.0 cm³/mol. The molecule has 1 N–H and O–H groups in total. The zero-order valence-corrected chi connectivity index (χ0v) is 9.37. The lowest BCUT2D eigenvalue weighted by Crippen LogP contribution is -2.06. The van der Waals surface area contributed by atoms with Crippen LogP contribution in [0.4, 0.5) is 4.39 Å². The number of aromatic nitrogens is 2. The minimum absolute atomic E-state index is 0.226. The molecule has 0 atom stereocenters. The zero-order valence-electron chi connectivity index (χ0n) is 9.37. The highest BCUT2D eigenvalue weighted by molar-refractivity contribution is 5.37. The number of benzene rings is 1. The molecule has 2 rings (SSSR count). The van der Waals surface area contributed by atoms with Crippen molar-refractivity contribution in [1.29, 1.82) is 0 Å². The number of nitrogens with zero attached hydrogens (tertiary/aromatic N) is 2. The average Bonchev–Trinajstić information content (AvgIpc) is 2.64. The topological polar surface area (TPSA) is 29.9 Å². The molecular formula is C12H14FN3. The Hall–Kier alpha value is -1.68. The SMILES string of the molecule is CNCc1cc(F)cc(-n2ccnc2C)c1. The van der Waals surface area contributed by atoms with Gasteiger partial charge in [-0.25, -0.2) is 9.37 Å². The third-order valence-electron chi connectivity index (χ3n) is 2.43. The van der Waals surface area contributed by atoms with Crippen molar-refractivity contribution in [3.05, 3.63) is 47.8 Å².